The quantitative estimate of drug-likeness (QED) is 0.901. The highest BCUT2D eigenvalue weighted by Crippen LogP contribution is 2.20. The van der Waals surface area contributed by atoms with E-state index in [2.05, 4.69) is 15.2 Å². The Bertz CT molecular complexity index is 435. The van der Waals surface area contributed by atoms with E-state index in [9.17, 15) is 4.79 Å². The minimum Gasteiger partial charge on any atom is -0.368 e. The molecule has 5 nitrogen and oxygen atoms in total. The Morgan fingerprint density at radius 1 is 1.32 bits per heavy atom. The van der Waals surface area contributed by atoms with E-state index in [1.807, 2.05) is 12.1 Å². The molecule has 3 heterocycles. The first-order valence-corrected chi connectivity index (χ1v) is 6.96. The van der Waals surface area contributed by atoms with E-state index in [0.717, 1.165) is 37.4 Å². The number of hydrogen-bond donors (Lipinski definition) is 1. The van der Waals surface area contributed by atoms with Crippen molar-refractivity contribution in [2.75, 3.05) is 29.9 Å². The number of aromatic nitrogens is 1. The molecule has 19 heavy (non-hydrogen) atoms. The van der Waals surface area contributed by atoms with Crippen molar-refractivity contribution in [3.63, 3.8) is 0 Å². The van der Waals surface area contributed by atoms with Crippen LogP contribution in [0.4, 0.5) is 11.5 Å². The van der Waals surface area contributed by atoms with Crippen LogP contribution < -0.4 is 10.2 Å². The van der Waals surface area contributed by atoms with Crippen LogP contribution in [0.3, 0.4) is 0 Å². The Balaban J connectivity index is 1.60. The van der Waals surface area contributed by atoms with Gasteiger partial charge in [-0.3, -0.25) is 4.79 Å². The Morgan fingerprint density at radius 3 is 2.79 bits per heavy atom. The van der Waals surface area contributed by atoms with Crippen molar-refractivity contribution in [2.45, 2.75) is 31.8 Å². The summed E-state index contributed by atoms with van der Waals surface area (Å²) in [5.74, 6) is 0.931. The molecular weight excluding hydrogens is 242 g/mol. The number of nitrogens with one attached hydrogen (secondary N) is 1. The first kappa shape index (κ1) is 12.4. The molecule has 0 spiro atoms. The highest BCUT2D eigenvalue weighted by Gasteiger charge is 2.23. The van der Waals surface area contributed by atoms with Gasteiger partial charge < -0.3 is 15.0 Å². The van der Waals surface area contributed by atoms with Crippen molar-refractivity contribution >= 4 is 17.4 Å². The summed E-state index contributed by atoms with van der Waals surface area (Å²) in [7, 11) is 0. The Hall–Kier alpha value is -1.62. The number of pyridine rings is 1. The molecule has 0 aliphatic carbocycles. The molecule has 0 radical (unpaired) electrons. The van der Waals surface area contributed by atoms with E-state index in [4.69, 9.17) is 4.74 Å². The maximum Gasteiger partial charge on any atom is 0.253 e. The Labute approximate surface area is 113 Å². The Morgan fingerprint density at radius 2 is 2.16 bits per heavy atom. The van der Waals surface area contributed by atoms with Gasteiger partial charge in [-0.25, -0.2) is 4.98 Å². The second-order valence-electron chi connectivity index (χ2n) is 5.09. The summed E-state index contributed by atoms with van der Waals surface area (Å²) in [6, 6.07) is 3.88. The van der Waals surface area contributed by atoms with Crippen LogP contribution in [0.15, 0.2) is 18.3 Å². The fourth-order valence-electron chi connectivity index (χ4n) is 2.60. The van der Waals surface area contributed by atoms with E-state index in [-0.39, 0.29) is 12.0 Å². The molecular formula is C14H19N3O2. The zero-order valence-corrected chi connectivity index (χ0v) is 11.0. The first-order chi connectivity index (χ1) is 9.33. The van der Waals surface area contributed by atoms with Crippen LogP contribution in [0.2, 0.25) is 0 Å². The normalized spacial score (nSPS) is 22.7. The molecule has 2 saturated heterocycles. The topological polar surface area (TPSA) is 54.5 Å². The average molecular weight is 261 g/mol. The molecule has 3 rings (SSSR count). The van der Waals surface area contributed by atoms with Crippen LogP contribution in [-0.4, -0.2) is 36.7 Å². The largest absolute Gasteiger partial charge is 0.368 e. The lowest BCUT2D eigenvalue weighted by atomic mass is 10.2. The third-order valence-corrected chi connectivity index (χ3v) is 3.67. The summed E-state index contributed by atoms with van der Waals surface area (Å²) < 4.78 is 5.35. The average Bonchev–Trinajstić information content (AvgIpc) is 3.13. The maximum atomic E-state index is 11.9. The number of nitrogens with zero attached hydrogens (tertiary/aromatic N) is 2. The number of anilines is 2. The molecule has 1 atom stereocenters. The van der Waals surface area contributed by atoms with Gasteiger partial charge in [0.25, 0.3) is 5.91 Å². The predicted octanol–water partition coefficient (Wildman–Crippen LogP) is 1.80. The van der Waals surface area contributed by atoms with Crippen molar-refractivity contribution < 1.29 is 9.53 Å². The number of rotatable bonds is 3. The van der Waals surface area contributed by atoms with Crippen molar-refractivity contribution in [3.05, 3.63) is 18.3 Å². The van der Waals surface area contributed by atoms with Crippen molar-refractivity contribution in [2.24, 2.45) is 0 Å². The lowest BCUT2D eigenvalue weighted by molar-refractivity contribution is -0.124. The number of hydrogen-bond acceptors (Lipinski definition) is 4. The van der Waals surface area contributed by atoms with Gasteiger partial charge in [0.05, 0.1) is 11.9 Å². The van der Waals surface area contributed by atoms with Gasteiger partial charge in [-0.2, -0.15) is 0 Å². The van der Waals surface area contributed by atoms with Gasteiger partial charge in [0.2, 0.25) is 0 Å². The molecule has 2 aliphatic heterocycles. The fourth-order valence-corrected chi connectivity index (χ4v) is 2.60. The van der Waals surface area contributed by atoms with Crippen LogP contribution in [0.25, 0.3) is 0 Å². The van der Waals surface area contributed by atoms with Gasteiger partial charge in [0.1, 0.15) is 11.9 Å². The number of ether oxygens (including phenoxy) is 1. The van der Waals surface area contributed by atoms with Crippen LogP contribution in [0.5, 0.6) is 0 Å². The summed E-state index contributed by atoms with van der Waals surface area (Å²) in [6.07, 6.45) is 5.67. The Kier molecular flexibility index (Phi) is 3.64. The number of carbonyl (C=O) groups excluding carboxylic acids is 1. The third kappa shape index (κ3) is 2.87. The van der Waals surface area contributed by atoms with Crippen LogP contribution in [0, 0.1) is 0 Å². The predicted molar refractivity (Wildman–Crippen MR) is 73.3 cm³/mol. The molecule has 102 valence electrons. The van der Waals surface area contributed by atoms with Gasteiger partial charge in [-0.15, -0.1) is 0 Å². The highest BCUT2D eigenvalue weighted by atomic mass is 16.5. The molecule has 1 aromatic rings. The highest BCUT2D eigenvalue weighted by molar-refractivity contribution is 5.94. The van der Waals surface area contributed by atoms with Crippen LogP contribution in [-0.2, 0) is 9.53 Å². The van der Waals surface area contributed by atoms with E-state index < -0.39 is 0 Å². The van der Waals surface area contributed by atoms with Gasteiger partial charge in [0.15, 0.2) is 0 Å². The van der Waals surface area contributed by atoms with Gasteiger partial charge >= 0.3 is 0 Å². The summed E-state index contributed by atoms with van der Waals surface area (Å²) in [5, 5.41) is 2.86. The minimum atomic E-state index is -0.293. The van der Waals surface area contributed by atoms with E-state index in [0.29, 0.717) is 6.61 Å². The molecule has 0 saturated carbocycles. The molecule has 0 aromatic carbocycles. The summed E-state index contributed by atoms with van der Waals surface area (Å²) in [5.41, 5.74) is 0.739. The van der Waals surface area contributed by atoms with Gasteiger partial charge in [-0.1, -0.05) is 0 Å². The van der Waals surface area contributed by atoms with E-state index in [1.54, 1.807) is 6.20 Å². The number of carbonyl (C=O) groups is 1. The molecule has 2 fully saturated rings. The van der Waals surface area contributed by atoms with Crippen molar-refractivity contribution in [1.29, 1.82) is 0 Å². The lowest BCUT2D eigenvalue weighted by Crippen LogP contribution is -2.27. The molecule has 2 aliphatic rings. The SMILES string of the molecule is O=C(Nc1ccc(N2CCCC2)nc1)C1CCCO1. The molecule has 5 heteroatoms. The molecule has 1 N–H and O–H groups in total. The zero-order valence-electron chi connectivity index (χ0n) is 11.0. The smallest absolute Gasteiger partial charge is 0.253 e. The second kappa shape index (κ2) is 5.57. The summed E-state index contributed by atoms with van der Waals surface area (Å²) in [6.45, 7) is 2.84. The lowest BCUT2D eigenvalue weighted by Gasteiger charge is -2.16. The minimum absolute atomic E-state index is 0.0618. The summed E-state index contributed by atoms with van der Waals surface area (Å²) >= 11 is 0. The number of amides is 1. The fraction of sp³-hybridized carbons (Fsp3) is 0.571. The molecule has 1 amide bonds. The summed E-state index contributed by atoms with van der Waals surface area (Å²) in [4.78, 5) is 18.6. The molecule has 1 unspecified atom stereocenters. The van der Waals surface area contributed by atoms with Gasteiger partial charge in [-0.05, 0) is 37.8 Å². The van der Waals surface area contributed by atoms with Crippen LogP contribution >= 0.6 is 0 Å². The monoisotopic (exact) mass is 261 g/mol. The zero-order chi connectivity index (χ0) is 13.1. The van der Waals surface area contributed by atoms with Crippen molar-refractivity contribution in [1.82, 2.24) is 4.98 Å². The third-order valence-electron chi connectivity index (χ3n) is 3.67. The van der Waals surface area contributed by atoms with Crippen LogP contribution in [0.1, 0.15) is 25.7 Å². The van der Waals surface area contributed by atoms with E-state index >= 15 is 0 Å². The van der Waals surface area contributed by atoms with Crippen molar-refractivity contribution in [3.8, 4) is 0 Å². The maximum absolute atomic E-state index is 11.9. The molecule has 1 aromatic heterocycles. The van der Waals surface area contributed by atoms with E-state index in [1.165, 1.54) is 12.8 Å². The first-order valence-electron chi connectivity index (χ1n) is 6.96. The standard InChI is InChI=1S/C14H19N3O2/c18-14(12-4-3-9-19-12)16-11-5-6-13(15-10-11)17-7-1-2-8-17/h5-6,10,12H,1-4,7-9H2,(H,16,18). The molecule has 0 bridgehead atoms. The van der Waals surface area contributed by atoms with Gasteiger partial charge in [0, 0.05) is 19.7 Å². The second-order valence-corrected chi connectivity index (χ2v) is 5.09.